The summed E-state index contributed by atoms with van der Waals surface area (Å²) < 4.78 is 26.3. The number of benzene rings is 3. The highest BCUT2D eigenvalue weighted by Gasteiger charge is 2.27. The number of aromatic nitrogens is 1. The molecule has 35 heavy (non-hydrogen) atoms. The smallest absolute Gasteiger partial charge is 0.251 e. The Balaban J connectivity index is 1.33. The summed E-state index contributed by atoms with van der Waals surface area (Å²) in [4.78, 5) is 13.2. The lowest BCUT2D eigenvalue weighted by Gasteiger charge is -2.10. The van der Waals surface area contributed by atoms with Crippen LogP contribution < -0.4 is 5.32 Å². The molecule has 7 heteroatoms. The van der Waals surface area contributed by atoms with Crippen molar-refractivity contribution in [3.63, 3.8) is 0 Å². The predicted molar refractivity (Wildman–Crippen MR) is 136 cm³/mol. The second kappa shape index (κ2) is 9.23. The third-order valence-electron chi connectivity index (χ3n) is 6.53. The number of aromatic hydroxyl groups is 1. The van der Waals surface area contributed by atoms with E-state index in [4.69, 9.17) is 0 Å². The van der Waals surface area contributed by atoms with Gasteiger partial charge in [0.25, 0.3) is 5.91 Å². The molecule has 1 aliphatic rings. The fourth-order valence-electron chi connectivity index (χ4n) is 4.42. The molecule has 1 amide bonds. The van der Waals surface area contributed by atoms with E-state index in [-0.39, 0.29) is 17.4 Å². The zero-order chi connectivity index (χ0) is 24.6. The molecule has 1 aliphatic carbocycles. The average molecular weight is 489 g/mol. The molecule has 5 rings (SSSR count). The van der Waals surface area contributed by atoms with Crippen molar-refractivity contribution in [2.75, 3.05) is 5.75 Å². The first-order chi connectivity index (χ1) is 16.8. The van der Waals surface area contributed by atoms with Crippen LogP contribution >= 0.6 is 0 Å². The molecule has 4 aromatic rings. The number of amides is 1. The van der Waals surface area contributed by atoms with Gasteiger partial charge in [-0.3, -0.25) is 4.79 Å². The molecule has 1 aromatic heterocycles. The largest absolute Gasteiger partial charge is 0.508 e. The van der Waals surface area contributed by atoms with Crippen molar-refractivity contribution in [3.05, 3.63) is 95.2 Å². The Morgan fingerprint density at radius 3 is 2.31 bits per heavy atom. The van der Waals surface area contributed by atoms with E-state index in [1.807, 2.05) is 30.3 Å². The lowest BCUT2D eigenvalue weighted by atomic mass is 10.1. The minimum absolute atomic E-state index is 0.0602. The minimum Gasteiger partial charge on any atom is -0.508 e. The maximum absolute atomic E-state index is 12.9. The Bertz CT molecular complexity index is 1480. The summed E-state index contributed by atoms with van der Waals surface area (Å²) in [6.45, 7) is 1.94. The van der Waals surface area contributed by atoms with E-state index < -0.39 is 9.84 Å². The average Bonchev–Trinajstić information content (AvgIpc) is 3.64. The number of carbonyl (C=O) groups is 1. The summed E-state index contributed by atoms with van der Waals surface area (Å²) in [5, 5.41) is 13.5. The van der Waals surface area contributed by atoms with E-state index in [0.29, 0.717) is 23.0 Å². The van der Waals surface area contributed by atoms with Gasteiger partial charge in [-0.15, -0.1) is 0 Å². The van der Waals surface area contributed by atoms with Crippen LogP contribution in [0.4, 0.5) is 0 Å². The van der Waals surface area contributed by atoms with Crippen LogP contribution in [-0.4, -0.2) is 29.8 Å². The van der Waals surface area contributed by atoms with Crippen molar-refractivity contribution in [1.82, 2.24) is 9.88 Å². The molecule has 6 nitrogen and oxygen atoms in total. The molecule has 2 N–H and O–H groups in total. The molecule has 0 saturated heterocycles. The maximum atomic E-state index is 12.9. The standard InChI is InChI=1S/C28H28N2O4S/c1-2-35(33,34)26-12-5-20(6-13-26)18-29-28(32)21-7-14-27-22(16-21)17-24(30(27)23-8-9-23)15-19-3-10-25(31)11-4-19/h3-7,10-14,16-17,23,31H,2,8-9,15,18H2,1H3,(H,29,32). The summed E-state index contributed by atoms with van der Waals surface area (Å²) in [6, 6.07) is 22.4. The van der Waals surface area contributed by atoms with Gasteiger partial charge in [0.15, 0.2) is 9.84 Å². The van der Waals surface area contributed by atoms with Gasteiger partial charge in [0, 0.05) is 41.2 Å². The van der Waals surface area contributed by atoms with E-state index in [1.54, 1.807) is 43.3 Å². The molecular formula is C28H28N2O4S. The van der Waals surface area contributed by atoms with Gasteiger partial charge in [-0.05, 0) is 72.5 Å². The molecule has 0 unspecified atom stereocenters. The monoisotopic (exact) mass is 488 g/mol. The zero-order valence-electron chi connectivity index (χ0n) is 19.6. The highest BCUT2D eigenvalue weighted by Crippen LogP contribution is 2.40. The molecule has 0 radical (unpaired) electrons. The Hall–Kier alpha value is -3.58. The van der Waals surface area contributed by atoms with Gasteiger partial charge in [0.05, 0.1) is 10.6 Å². The fourth-order valence-corrected chi connectivity index (χ4v) is 5.31. The number of hydrogen-bond acceptors (Lipinski definition) is 4. The van der Waals surface area contributed by atoms with Crippen LogP contribution in [0.1, 0.15) is 53.0 Å². The van der Waals surface area contributed by atoms with Gasteiger partial charge in [-0.25, -0.2) is 8.42 Å². The predicted octanol–water partition coefficient (Wildman–Crippen LogP) is 5.00. The highest BCUT2D eigenvalue weighted by molar-refractivity contribution is 7.91. The molecule has 0 atom stereocenters. The van der Waals surface area contributed by atoms with E-state index >= 15 is 0 Å². The third-order valence-corrected chi connectivity index (χ3v) is 8.28. The van der Waals surface area contributed by atoms with Crippen molar-refractivity contribution < 1.29 is 18.3 Å². The Morgan fingerprint density at radius 2 is 1.66 bits per heavy atom. The summed E-state index contributed by atoms with van der Waals surface area (Å²) in [5.74, 6) is 0.149. The number of nitrogens with zero attached hydrogens (tertiary/aromatic N) is 1. The lowest BCUT2D eigenvalue weighted by Crippen LogP contribution is -2.22. The lowest BCUT2D eigenvalue weighted by molar-refractivity contribution is 0.0951. The molecule has 3 aromatic carbocycles. The van der Waals surface area contributed by atoms with E-state index in [9.17, 15) is 18.3 Å². The number of sulfone groups is 1. The molecule has 180 valence electrons. The van der Waals surface area contributed by atoms with Crippen LogP contribution in [0.2, 0.25) is 0 Å². The minimum atomic E-state index is -3.24. The summed E-state index contributed by atoms with van der Waals surface area (Å²) >= 11 is 0. The number of rotatable bonds is 8. The normalized spacial score (nSPS) is 13.7. The van der Waals surface area contributed by atoms with Crippen molar-refractivity contribution in [2.24, 2.45) is 0 Å². The van der Waals surface area contributed by atoms with E-state index in [2.05, 4.69) is 16.0 Å². The van der Waals surface area contributed by atoms with Crippen LogP contribution in [0, 0.1) is 0 Å². The number of hydrogen-bond donors (Lipinski definition) is 2. The Kier molecular flexibility index (Phi) is 6.11. The first-order valence-corrected chi connectivity index (χ1v) is 13.5. The molecule has 1 saturated carbocycles. The van der Waals surface area contributed by atoms with Crippen LogP contribution in [0.15, 0.2) is 77.7 Å². The van der Waals surface area contributed by atoms with Gasteiger partial charge in [0.2, 0.25) is 0 Å². The molecule has 1 heterocycles. The second-order valence-corrected chi connectivity index (χ2v) is 11.4. The van der Waals surface area contributed by atoms with Gasteiger partial charge in [-0.1, -0.05) is 31.2 Å². The van der Waals surface area contributed by atoms with Gasteiger partial charge < -0.3 is 15.0 Å². The highest BCUT2D eigenvalue weighted by atomic mass is 32.2. The molecule has 0 aliphatic heterocycles. The number of nitrogens with one attached hydrogen (secondary N) is 1. The topological polar surface area (TPSA) is 88.4 Å². The fraction of sp³-hybridized carbons (Fsp3) is 0.250. The van der Waals surface area contributed by atoms with Crippen LogP contribution in [0.3, 0.4) is 0 Å². The molecular weight excluding hydrogens is 460 g/mol. The van der Waals surface area contributed by atoms with Crippen molar-refractivity contribution in [3.8, 4) is 5.75 Å². The quantitative estimate of drug-likeness (QED) is 0.365. The van der Waals surface area contributed by atoms with Crippen molar-refractivity contribution >= 4 is 26.6 Å². The number of phenols is 1. The first kappa shape index (κ1) is 23.2. The number of carbonyl (C=O) groups excluding carboxylic acids is 1. The first-order valence-electron chi connectivity index (χ1n) is 11.9. The van der Waals surface area contributed by atoms with Gasteiger partial charge >= 0.3 is 0 Å². The SMILES string of the molecule is CCS(=O)(=O)c1ccc(CNC(=O)c2ccc3c(c2)cc(Cc2ccc(O)cc2)n3C2CC2)cc1. The molecule has 1 fully saturated rings. The number of fused-ring (bicyclic) bond motifs is 1. The van der Waals surface area contributed by atoms with Gasteiger partial charge in [0.1, 0.15) is 5.75 Å². The van der Waals surface area contributed by atoms with Gasteiger partial charge in [-0.2, -0.15) is 0 Å². The van der Waals surface area contributed by atoms with Crippen LogP contribution in [-0.2, 0) is 22.8 Å². The molecule has 0 spiro atoms. The van der Waals surface area contributed by atoms with Crippen LogP contribution in [0.25, 0.3) is 10.9 Å². The van der Waals surface area contributed by atoms with E-state index in [1.165, 1.54) is 5.69 Å². The zero-order valence-corrected chi connectivity index (χ0v) is 20.4. The summed E-state index contributed by atoms with van der Waals surface area (Å²) in [6.07, 6.45) is 3.08. The Morgan fingerprint density at radius 1 is 0.971 bits per heavy atom. The van der Waals surface area contributed by atoms with Crippen molar-refractivity contribution in [1.29, 1.82) is 0 Å². The van der Waals surface area contributed by atoms with Crippen LogP contribution in [0.5, 0.6) is 5.75 Å². The second-order valence-electron chi connectivity index (χ2n) is 9.08. The summed E-state index contributed by atoms with van der Waals surface area (Å²) in [7, 11) is -3.24. The molecule has 0 bridgehead atoms. The summed E-state index contributed by atoms with van der Waals surface area (Å²) in [5.41, 5.74) is 4.89. The number of phenolic OH excluding ortho intramolecular Hbond substituents is 1. The third kappa shape index (κ3) is 4.95. The Labute approximate surface area is 205 Å². The van der Waals surface area contributed by atoms with Crippen molar-refractivity contribution in [2.45, 2.75) is 43.7 Å². The maximum Gasteiger partial charge on any atom is 0.251 e. The van der Waals surface area contributed by atoms with E-state index in [0.717, 1.165) is 41.3 Å².